The van der Waals surface area contributed by atoms with Crippen molar-refractivity contribution in [2.75, 3.05) is 6.54 Å². The summed E-state index contributed by atoms with van der Waals surface area (Å²) in [4.78, 5) is 15.3. The lowest BCUT2D eigenvalue weighted by Crippen LogP contribution is -2.46. The predicted octanol–water partition coefficient (Wildman–Crippen LogP) is 3.51. The highest BCUT2D eigenvalue weighted by atomic mass is 16.2. The number of hydrogen-bond donors (Lipinski definition) is 1. The topological polar surface area (TPSA) is 49.0 Å². The average molecular weight is 317 g/mol. The van der Waals surface area contributed by atoms with Crippen molar-refractivity contribution in [3.63, 3.8) is 0 Å². The number of H-pyrrole nitrogens is 1. The minimum absolute atomic E-state index is 0.147. The minimum Gasteiger partial charge on any atom is -0.335 e. The molecule has 4 heteroatoms. The quantitative estimate of drug-likeness (QED) is 0.746. The Morgan fingerprint density at radius 2 is 2.12 bits per heavy atom. The zero-order valence-corrected chi connectivity index (χ0v) is 13.4. The number of rotatable bonds is 1. The Morgan fingerprint density at radius 3 is 3.08 bits per heavy atom. The molecule has 24 heavy (non-hydrogen) atoms. The molecule has 1 aliphatic carbocycles. The summed E-state index contributed by atoms with van der Waals surface area (Å²) < 4.78 is 0. The fraction of sp³-hybridized carbons (Fsp3) is 0.300. The number of amides is 1. The van der Waals surface area contributed by atoms with Gasteiger partial charge in [-0.3, -0.25) is 9.89 Å². The van der Waals surface area contributed by atoms with Gasteiger partial charge in [0.2, 0.25) is 0 Å². The van der Waals surface area contributed by atoms with Crippen LogP contribution in [0.3, 0.4) is 0 Å². The maximum atomic E-state index is 13.2. The van der Waals surface area contributed by atoms with Crippen LogP contribution < -0.4 is 0 Å². The van der Waals surface area contributed by atoms with Crippen molar-refractivity contribution in [3.05, 3.63) is 65.4 Å². The van der Waals surface area contributed by atoms with Crippen molar-refractivity contribution in [2.45, 2.75) is 31.2 Å². The Hall–Kier alpha value is -2.62. The zero-order valence-electron chi connectivity index (χ0n) is 13.4. The van der Waals surface area contributed by atoms with E-state index in [4.69, 9.17) is 0 Å². The standard InChI is InChI=1S/C20H19N3O/c24-20(14-7-8-15-12-21-22-18(15)10-14)23-9-3-6-17-16-5-2-1-4-13(16)11-19(17)23/h1-2,4-5,7-8,10,12,17,19H,3,6,9,11H2,(H,21,22)/t17-,19+/m0/s1. The Morgan fingerprint density at radius 1 is 1.21 bits per heavy atom. The first-order valence-electron chi connectivity index (χ1n) is 8.63. The summed E-state index contributed by atoms with van der Waals surface area (Å²) in [7, 11) is 0. The molecule has 120 valence electrons. The summed E-state index contributed by atoms with van der Waals surface area (Å²) in [6.07, 6.45) is 5.03. The van der Waals surface area contributed by atoms with Crippen LogP contribution in [0.4, 0.5) is 0 Å². The van der Waals surface area contributed by atoms with Crippen molar-refractivity contribution in [1.82, 2.24) is 15.1 Å². The van der Waals surface area contributed by atoms with Crippen LogP contribution in [0.25, 0.3) is 10.9 Å². The monoisotopic (exact) mass is 317 g/mol. The van der Waals surface area contributed by atoms with Gasteiger partial charge in [0.1, 0.15) is 0 Å². The number of aromatic amines is 1. The fourth-order valence-corrected chi connectivity index (χ4v) is 4.47. The summed E-state index contributed by atoms with van der Waals surface area (Å²) in [5.74, 6) is 0.642. The van der Waals surface area contributed by atoms with Crippen LogP contribution >= 0.6 is 0 Å². The van der Waals surface area contributed by atoms with E-state index in [9.17, 15) is 4.79 Å². The molecule has 2 aliphatic rings. The smallest absolute Gasteiger partial charge is 0.254 e. The van der Waals surface area contributed by atoms with Gasteiger partial charge in [0, 0.05) is 29.5 Å². The van der Waals surface area contributed by atoms with Gasteiger partial charge in [-0.1, -0.05) is 30.3 Å². The van der Waals surface area contributed by atoms with Gasteiger partial charge in [0.25, 0.3) is 5.91 Å². The van der Waals surface area contributed by atoms with E-state index in [2.05, 4.69) is 39.4 Å². The number of hydrogen-bond acceptors (Lipinski definition) is 2. The Labute approximate surface area is 140 Å². The van der Waals surface area contributed by atoms with Gasteiger partial charge in [-0.2, -0.15) is 5.10 Å². The highest BCUT2D eigenvalue weighted by molar-refractivity contribution is 5.98. The number of aromatic nitrogens is 2. The minimum atomic E-state index is 0.147. The van der Waals surface area contributed by atoms with Gasteiger partial charge in [0.15, 0.2) is 0 Å². The molecule has 2 aromatic carbocycles. The molecule has 1 aliphatic heterocycles. The molecule has 5 rings (SSSR count). The molecule has 1 saturated heterocycles. The van der Waals surface area contributed by atoms with Gasteiger partial charge in [-0.05, 0) is 42.5 Å². The highest BCUT2D eigenvalue weighted by Crippen LogP contribution is 2.42. The molecule has 0 radical (unpaired) electrons. The second-order valence-electron chi connectivity index (χ2n) is 6.89. The molecule has 0 bridgehead atoms. The summed E-state index contributed by atoms with van der Waals surface area (Å²) >= 11 is 0. The van der Waals surface area contributed by atoms with E-state index in [0.29, 0.717) is 12.0 Å². The number of fused-ring (bicyclic) bond motifs is 4. The summed E-state index contributed by atoms with van der Waals surface area (Å²) in [5.41, 5.74) is 4.53. The van der Waals surface area contributed by atoms with Crippen LogP contribution in [0.1, 0.15) is 40.2 Å². The second-order valence-corrected chi connectivity index (χ2v) is 6.89. The third-order valence-corrected chi connectivity index (χ3v) is 5.61. The number of piperidine rings is 1. The number of benzene rings is 2. The maximum absolute atomic E-state index is 13.2. The van der Waals surface area contributed by atoms with E-state index >= 15 is 0 Å². The Kier molecular flexibility index (Phi) is 2.98. The first-order chi connectivity index (χ1) is 11.8. The lowest BCUT2D eigenvalue weighted by atomic mass is 9.88. The number of nitrogens with zero attached hydrogens (tertiary/aromatic N) is 2. The Bertz CT molecular complexity index is 929. The number of likely N-dealkylation sites (tertiary alicyclic amines) is 1. The molecule has 0 unspecified atom stereocenters. The normalized spacial score (nSPS) is 22.4. The van der Waals surface area contributed by atoms with Crippen molar-refractivity contribution < 1.29 is 4.79 Å². The van der Waals surface area contributed by atoms with Crippen molar-refractivity contribution in [1.29, 1.82) is 0 Å². The third-order valence-electron chi connectivity index (χ3n) is 5.61. The van der Waals surface area contributed by atoms with E-state index in [1.807, 2.05) is 18.2 Å². The molecule has 0 spiro atoms. The number of carbonyl (C=O) groups is 1. The SMILES string of the molecule is O=C(c1ccc2cn[nH]c2c1)N1CCC[C@H]2c3ccccc3C[C@H]21. The average Bonchev–Trinajstić information content (AvgIpc) is 3.24. The predicted molar refractivity (Wildman–Crippen MR) is 93.0 cm³/mol. The lowest BCUT2D eigenvalue weighted by molar-refractivity contribution is 0.0595. The number of carbonyl (C=O) groups excluding carboxylic acids is 1. The zero-order chi connectivity index (χ0) is 16.1. The van der Waals surface area contributed by atoms with Crippen LogP contribution in [0.15, 0.2) is 48.7 Å². The second kappa shape index (κ2) is 5.20. The molecule has 1 N–H and O–H groups in total. The van der Waals surface area contributed by atoms with Crippen molar-refractivity contribution >= 4 is 16.8 Å². The van der Waals surface area contributed by atoms with Crippen molar-refractivity contribution in [3.8, 4) is 0 Å². The first kappa shape index (κ1) is 13.8. The Balaban J connectivity index is 1.49. The van der Waals surface area contributed by atoms with Gasteiger partial charge >= 0.3 is 0 Å². The fourth-order valence-electron chi connectivity index (χ4n) is 4.47. The molecule has 3 aromatic rings. The number of nitrogens with one attached hydrogen (secondary N) is 1. The molecule has 2 atom stereocenters. The summed E-state index contributed by atoms with van der Waals surface area (Å²) in [6.45, 7) is 0.856. The van der Waals surface area contributed by atoms with E-state index in [1.54, 1.807) is 6.20 Å². The molecule has 1 fully saturated rings. The van der Waals surface area contributed by atoms with Crippen molar-refractivity contribution in [2.24, 2.45) is 0 Å². The summed E-state index contributed by atoms with van der Waals surface area (Å²) in [5, 5.41) is 8.04. The lowest BCUT2D eigenvalue weighted by Gasteiger charge is -2.38. The van der Waals surface area contributed by atoms with Crippen LogP contribution in [0.5, 0.6) is 0 Å². The van der Waals surface area contributed by atoms with Crippen LogP contribution in [-0.2, 0) is 6.42 Å². The highest BCUT2D eigenvalue weighted by Gasteiger charge is 2.40. The molecular weight excluding hydrogens is 298 g/mol. The first-order valence-corrected chi connectivity index (χ1v) is 8.63. The van der Waals surface area contributed by atoms with Crippen LogP contribution in [-0.4, -0.2) is 33.6 Å². The molecular formula is C20H19N3O. The van der Waals surface area contributed by atoms with Crippen LogP contribution in [0, 0.1) is 0 Å². The molecule has 0 saturated carbocycles. The molecule has 2 heterocycles. The largest absolute Gasteiger partial charge is 0.335 e. The van der Waals surface area contributed by atoms with Crippen LogP contribution in [0.2, 0.25) is 0 Å². The van der Waals surface area contributed by atoms with Gasteiger partial charge in [0.05, 0.1) is 11.7 Å². The van der Waals surface area contributed by atoms with Gasteiger partial charge in [-0.25, -0.2) is 0 Å². The van der Waals surface area contributed by atoms with Gasteiger partial charge in [-0.15, -0.1) is 0 Å². The molecule has 1 amide bonds. The van der Waals surface area contributed by atoms with E-state index in [-0.39, 0.29) is 5.91 Å². The van der Waals surface area contributed by atoms with E-state index in [0.717, 1.165) is 35.9 Å². The van der Waals surface area contributed by atoms with Gasteiger partial charge < -0.3 is 4.90 Å². The molecule has 4 nitrogen and oxygen atoms in total. The maximum Gasteiger partial charge on any atom is 0.254 e. The van der Waals surface area contributed by atoms with E-state index < -0.39 is 0 Å². The molecule has 1 aromatic heterocycles. The summed E-state index contributed by atoms with van der Waals surface area (Å²) in [6, 6.07) is 14.8. The third kappa shape index (κ3) is 1.99. The van der Waals surface area contributed by atoms with E-state index in [1.165, 1.54) is 17.5 Å².